The zero-order chi connectivity index (χ0) is 19.0. The van der Waals surface area contributed by atoms with E-state index < -0.39 is 15.9 Å². The average Bonchev–Trinajstić information content (AvgIpc) is 3.19. The first-order valence-corrected chi connectivity index (χ1v) is 10.6. The largest absolute Gasteiger partial charge is 0.339 e. The van der Waals surface area contributed by atoms with E-state index >= 15 is 0 Å². The fraction of sp³-hybridized carbons (Fsp3) is 0.300. The molecule has 2 aromatic rings. The quantitative estimate of drug-likeness (QED) is 0.814. The minimum Gasteiger partial charge on any atom is -0.339 e. The Hall–Kier alpha value is -2.67. The normalized spacial score (nSPS) is 18.4. The fourth-order valence-corrected chi connectivity index (χ4v) is 5.08. The Morgan fingerprint density at radius 1 is 0.963 bits per heavy atom. The van der Waals surface area contributed by atoms with Crippen LogP contribution < -0.4 is 0 Å². The van der Waals surface area contributed by atoms with Crippen molar-refractivity contribution >= 4 is 21.8 Å². The molecule has 4 rings (SSSR count). The van der Waals surface area contributed by atoms with Gasteiger partial charge in [0.25, 0.3) is 11.8 Å². The van der Waals surface area contributed by atoms with Crippen molar-refractivity contribution in [1.82, 2.24) is 9.21 Å². The molecule has 0 bridgehead atoms. The van der Waals surface area contributed by atoms with E-state index in [0.717, 1.165) is 30.2 Å². The summed E-state index contributed by atoms with van der Waals surface area (Å²) >= 11 is 0. The van der Waals surface area contributed by atoms with Crippen LogP contribution in [0.5, 0.6) is 0 Å². The SMILES string of the molecule is O=C(c1ccc(CN2C(=O)c3ccccc3CS2(=O)=O)cc1)N1CCCC1. The molecular formula is C20H20N2O4S. The first-order chi connectivity index (χ1) is 13.0. The van der Waals surface area contributed by atoms with Crippen LogP contribution in [0.2, 0.25) is 0 Å². The second-order valence-electron chi connectivity index (χ2n) is 6.92. The highest BCUT2D eigenvalue weighted by Gasteiger charge is 2.35. The molecule has 0 N–H and O–H groups in total. The standard InChI is InChI=1S/C20H20N2O4S/c23-19(21-11-3-4-12-21)16-9-7-15(8-10-16)13-22-20(24)18-6-2-1-5-17(18)14-27(22,25)26/h1-2,5-10H,3-4,11-14H2. The zero-order valence-corrected chi connectivity index (χ0v) is 15.6. The number of carbonyl (C=O) groups is 2. The molecule has 0 spiro atoms. The van der Waals surface area contributed by atoms with E-state index in [1.807, 2.05) is 4.90 Å². The Balaban J connectivity index is 1.55. The molecule has 0 atom stereocenters. The van der Waals surface area contributed by atoms with Crippen LogP contribution in [0.15, 0.2) is 48.5 Å². The van der Waals surface area contributed by atoms with E-state index in [4.69, 9.17) is 0 Å². The summed E-state index contributed by atoms with van der Waals surface area (Å²) in [5, 5.41) is 0. The molecule has 140 valence electrons. The average molecular weight is 384 g/mol. The van der Waals surface area contributed by atoms with Gasteiger partial charge < -0.3 is 4.90 Å². The number of benzene rings is 2. The van der Waals surface area contributed by atoms with Gasteiger partial charge in [-0.1, -0.05) is 30.3 Å². The maximum Gasteiger partial charge on any atom is 0.267 e. The van der Waals surface area contributed by atoms with Gasteiger partial charge in [0.15, 0.2) is 0 Å². The lowest BCUT2D eigenvalue weighted by Gasteiger charge is -2.28. The minimum atomic E-state index is -3.72. The molecular weight excluding hydrogens is 364 g/mol. The van der Waals surface area contributed by atoms with Crippen LogP contribution in [0.4, 0.5) is 0 Å². The molecule has 1 fully saturated rings. The number of carbonyl (C=O) groups excluding carboxylic acids is 2. The predicted octanol–water partition coefficient (Wildman–Crippen LogP) is 2.41. The summed E-state index contributed by atoms with van der Waals surface area (Å²) in [6.45, 7) is 1.52. The van der Waals surface area contributed by atoms with E-state index in [9.17, 15) is 18.0 Å². The Bertz CT molecular complexity index is 993. The van der Waals surface area contributed by atoms with Crippen LogP contribution in [0, 0.1) is 0 Å². The fourth-order valence-electron chi connectivity index (χ4n) is 3.58. The van der Waals surface area contributed by atoms with Crippen LogP contribution in [0.3, 0.4) is 0 Å². The number of amides is 2. The van der Waals surface area contributed by atoms with Gasteiger partial charge in [-0.25, -0.2) is 12.7 Å². The number of likely N-dealkylation sites (tertiary alicyclic amines) is 1. The second kappa shape index (κ2) is 6.81. The van der Waals surface area contributed by atoms with Gasteiger partial charge in [0.05, 0.1) is 12.3 Å². The van der Waals surface area contributed by atoms with Crippen molar-refractivity contribution in [3.8, 4) is 0 Å². The Labute approximate surface area is 158 Å². The summed E-state index contributed by atoms with van der Waals surface area (Å²) in [7, 11) is -3.72. The van der Waals surface area contributed by atoms with Crippen LogP contribution in [0.25, 0.3) is 0 Å². The number of hydrogen-bond donors (Lipinski definition) is 0. The Kier molecular flexibility index (Phi) is 4.47. The van der Waals surface area contributed by atoms with Gasteiger partial charge in [0.2, 0.25) is 10.0 Å². The summed E-state index contributed by atoms with van der Waals surface area (Å²) in [5.74, 6) is -0.691. The molecule has 6 nitrogen and oxygen atoms in total. The molecule has 2 aromatic carbocycles. The monoisotopic (exact) mass is 384 g/mol. The third-order valence-corrected chi connectivity index (χ3v) is 6.71. The molecule has 0 aromatic heterocycles. The third kappa shape index (κ3) is 3.35. The lowest BCUT2D eigenvalue weighted by molar-refractivity contribution is 0.0791. The first-order valence-electron chi connectivity index (χ1n) is 8.96. The molecule has 27 heavy (non-hydrogen) atoms. The van der Waals surface area contributed by atoms with Crippen molar-refractivity contribution < 1.29 is 18.0 Å². The molecule has 2 aliphatic heterocycles. The molecule has 0 aliphatic carbocycles. The molecule has 0 saturated carbocycles. The van der Waals surface area contributed by atoms with Crippen molar-refractivity contribution in [2.24, 2.45) is 0 Å². The maximum absolute atomic E-state index is 12.7. The van der Waals surface area contributed by atoms with E-state index in [2.05, 4.69) is 0 Å². The van der Waals surface area contributed by atoms with Crippen molar-refractivity contribution in [1.29, 1.82) is 0 Å². The van der Waals surface area contributed by atoms with Crippen molar-refractivity contribution in [3.63, 3.8) is 0 Å². The van der Waals surface area contributed by atoms with Crippen LogP contribution in [-0.4, -0.2) is 42.5 Å². The van der Waals surface area contributed by atoms with Gasteiger partial charge in [-0.15, -0.1) is 0 Å². The van der Waals surface area contributed by atoms with Gasteiger partial charge in [-0.05, 0) is 42.2 Å². The molecule has 0 unspecified atom stereocenters. The molecule has 0 radical (unpaired) electrons. The number of nitrogens with zero attached hydrogens (tertiary/aromatic N) is 2. The molecule has 2 aliphatic rings. The van der Waals surface area contributed by atoms with Gasteiger partial charge in [0.1, 0.15) is 0 Å². The highest BCUT2D eigenvalue weighted by atomic mass is 32.2. The highest BCUT2D eigenvalue weighted by Crippen LogP contribution is 2.26. The molecule has 2 heterocycles. The number of sulfonamides is 1. The van der Waals surface area contributed by atoms with E-state index in [-0.39, 0.29) is 18.2 Å². The minimum absolute atomic E-state index is 0.00496. The smallest absolute Gasteiger partial charge is 0.267 e. The van der Waals surface area contributed by atoms with Crippen LogP contribution in [-0.2, 0) is 22.3 Å². The number of hydrogen-bond acceptors (Lipinski definition) is 4. The Morgan fingerprint density at radius 3 is 2.33 bits per heavy atom. The van der Waals surface area contributed by atoms with Crippen LogP contribution >= 0.6 is 0 Å². The highest BCUT2D eigenvalue weighted by molar-refractivity contribution is 7.89. The van der Waals surface area contributed by atoms with Gasteiger partial charge in [-0.2, -0.15) is 0 Å². The summed E-state index contributed by atoms with van der Waals surface area (Å²) < 4.78 is 26.0. The lowest BCUT2D eigenvalue weighted by Crippen LogP contribution is -2.41. The summed E-state index contributed by atoms with van der Waals surface area (Å²) in [4.78, 5) is 26.9. The predicted molar refractivity (Wildman–Crippen MR) is 101 cm³/mol. The summed E-state index contributed by atoms with van der Waals surface area (Å²) in [5.41, 5.74) is 2.21. The first kappa shape index (κ1) is 17.7. The molecule has 7 heteroatoms. The van der Waals surface area contributed by atoms with Crippen molar-refractivity contribution in [2.45, 2.75) is 25.1 Å². The van der Waals surface area contributed by atoms with Gasteiger partial charge >= 0.3 is 0 Å². The number of rotatable bonds is 3. The zero-order valence-electron chi connectivity index (χ0n) is 14.8. The third-order valence-electron chi connectivity index (χ3n) is 5.07. The summed E-state index contributed by atoms with van der Waals surface area (Å²) in [6.07, 6.45) is 2.06. The van der Waals surface area contributed by atoms with Gasteiger partial charge in [-0.3, -0.25) is 9.59 Å². The lowest BCUT2D eigenvalue weighted by atomic mass is 10.1. The van der Waals surface area contributed by atoms with E-state index in [1.54, 1.807) is 48.5 Å². The molecule has 1 saturated heterocycles. The second-order valence-corrected chi connectivity index (χ2v) is 8.81. The van der Waals surface area contributed by atoms with Crippen LogP contribution in [0.1, 0.15) is 44.7 Å². The van der Waals surface area contributed by atoms with Crippen molar-refractivity contribution in [2.75, 3.05) is 13.1 Å². The van der Waals surface area contributed by atoms with Crippen molar-refractivity contribution in [3.05, 3.63) is 70.8 Å². The van der Waals surface area contributed by atoms with E-state index in [1.165, 1.54) is 0 Å². The summed E-state index contributed by atoms with van der Waals surface area (Å²) in [6, 6.07) is 13.6. The Morgan fingerprint density at radius 2 is 1.63 bits per heavy atom. The topological polar surface area (TPSA) is 74.8 Å². The maximum atomic E-state index is 12.7. The molecule has 2 amide bonds. The van der Waals surface area contributed by atoms with E-state index in [0.29, 0.717) is 22.3 Å². The number of fused-ring (bicyclic) bond motifs is 1. The van der Waals surface area contributed by atoms with Gasteiger partial charge in [0, 0.05) is 24.2 Å².